The normalized spacial score (nSPS) is 16.1. The van der Waals surface area contributed by atoms with Gasteiger partial charge in [-0.3, -0.25) is 0 Å². The first-order valence-corrected chi connectivity index (χ1v) is 4.58. The fourth-order valence-electron chi connectivity index (χ4n) is 1.43. The molecule has 5 nitrogen and oxygen atoms in total. The van der Waals surface area contributed by atoms with Crippen molar-refractivity contribution in [2.45, 2.75) is 19.6 Å². The molecule has 1 aromatic carbocycles. The predicted octanol–water partition coefficient (Wildman–Crippen LogP) is 1.10. The number of fused-ring (bicyclic) bond motifs is 1. The third-order valence-electron chi connectivity index (χ3n) is 1.90. The zero-order valence-electron chi connectivity index (χ0n) is 8.65. The van der Waals surface area contributed by atoms with E-state index >= 15 is 0 Å². The Labute approximate surface area is 87.7 Å². The quantitative estimate of drug-likeness (QED) is 0.533. The van der Waals surface area contributed by atoms with Crippen molar-refractivity contribution in [3.05, 3.63) is 18.2 Å². The molecule has 0 unspecified atom stereocenters. The molecule has 1 heterocycles. The van der Waals surface area contributed by atoms with Gasteiger partial charge >= 0.3 is 0 Å². The van der Waals surface area contributed by atoms with Crippen molar-refractivity contribution in [1.29, 1.82) is 0 Å². The first-order valence-electron chi connectivity index (χ1n) is 4.58. The van der Waals surface area contributed by atoms with E-state index in [-0.39, 0.29) is 5.96 Å². The molecular weight excluding hydrogens is 194 g/mol. The summed E-state index contributed by atoms with van der Waals surface area (Å²) in [7, 11) is 0. The molecule has 0 atom stereocenters. The van der Waals surface area contributed by atoms with Crippen LogP contribution in [0.15, 0.2) is 23.2 Å². The topological polar surface area (TPSA) is 82.9 Å². The molecule has 0 saturated heterocycles. The van der Waals surface area contributed by atoms with Gasteiger partial charge in [-0.15, -0.1) is 0 Å². The van der Waals surface area contributed by atoms with Gasteiger partial charge in [-0.1, -0.05) is 0 Å². The summed E-state index contributed by atoms with van der Waals surface area (Å²) >= 11 is 0. The minimum atomic E-state index is -0.626. The van der Waals surface area contributed by atoms with Crippen LogP contribution < -0.4 is 20.9 Å². The van der Waals surface area contributed by atoms with Crippen LogP contribution in [0.1, 0.15) is 13.8 Å². The highest BCUT2D eigenvalue weighted by Crippen LogP contribution is 2.41. The zero-order chi connectivity index (χ0) is 11.1. The van der Waals surface area contributed by atoms with Gasteiger partial charge in [-0.2, -0.15) is 0 Å². The molecule has 5 heteroatoms. The summed E-state index contributed by atoms with van der Waals surface area (Å²) in [4.78, 5) is 3.92. The van der Waals surface area contributed by atoms with E-state index in [4.69, 9.17) is 20.9 Å². The van der Waals surface area contributed by atoms with Crippen LogP contribution in [-0.4, -0.2) is 11.7 Å². The molecule has 80 valence electrons. The molecule has 1 aliphatic rings. The van der Waals surface area contributed by atoms with Gasteiger partial charge in [0.05, 0.1) is 5.69 Å². The SMILES string of the molecule is CC1(C)Oc2ccc(N=C(N)N)cc2O1. The van der Waals surface area contributed by atoms with Gasteiger partial charge in [0.1, 0.15) is 0 Å². The van der Waals surface area contributed by atoms with Gasteiger partial charge in [0.25, 0.3) is 0 Å². The van der Waals surface area contributed by atoms with Crippen LogP contribution in [0.5, 0.6) is 11.5 Å². The number of hydrogen-bond donors (Lipinski definition) is 2. The molecule has 15 heavy (non-hydrogen) atoms. The van der Waals surface area contributed by atoms with E-state index in [9.17, 15) is 0 Å². The number of rotatable bonds is 1. The van der Waals surface area contributed by atoms with Crippen molar-refractivity contribution >= 4 is 11.6 Å². The van der Waals surface area contributed by atoms with Crippen LogP contribution in [0.4, 0.5) is 5.69 Å². The second-order valence-electron chi connectivity index (χ2n) is 3.77. The van der Waals surface area contributed by atoms with Crippen LogP contribution in [0.25, 0.3) is 0 Å². The Balaban J connectivity index is 2.34. The van der Waals surface area contributed by atoms with Crippen molar-refractivity contribution in [1.82, 2.24) is 0 Å². The highest BCUT2D eigenvalue weighted by Gasteiger charge is 2.31. The number of guanidine groups is 1. The average molecular weight is 207 g/mol. The number of hydrogen-bond acceptors (Lipinski definition) is 3. The number of benzene rings is 1. The van der Waals surface area contributed by atoms with Crippen LogP contribution in [0, 0.1) is 0 Å². The fraction of sp³-hybridized carbons (Fsp3) is 0.300. The molecule has 0 aromatic heterocycles. The van der Waals surface area contributed by atoms with E-state index in [1.165, 1.54) is 0 Å². The maximum absolute atomic E-state index is 5.54. The minimum Gasteiger partial charge on any atom is -0.449 e. The Kier molecular flexibility index (Phi) is 1.96. The lowest BCUT2D eigenvalue weighted by atomic mass is 10.3. The number of ether oxygens (including phenoxy) is 2. The molecule has 0 bridgehead atoms. The summed E-state index contributed by atoms with van der Waals surface area (Å²) in [6, 6.07) is 5.29. The molecule has 0 saturated carbocycles. The van der Waals surface area contributed by atoms with Crippen molar-refractivity contribution in [3.8, 4) is 11.5 Å². The Morgan fingerprint density at radius 2 is 1.87 bits per heavy atom. The van der Waals surface area contributed by atoms with Gasteiger partial charge in [-0.05, 0) is 12.1 Å². The van der Waals surface area contributed by atoms with Crippen molar-refractivity contribution < 1.29 is 9.47 Å². The van der Waals surface area contributed by atoms with Crippen LogP contribution >= 0.6 is 0 Å². The molecule has 0 amide bonds. The molecule has 0 radical (unpaired) electrons. The molecule has 1 aliphatic heterocycles. The highest BCUT2D eigenvalue weighted by molar-refractivity contribution is 5.79. The van der Waals surface area contributed by atoms with E-state index in [0.29, 0.717) is 17.2 Å². The Morgan fingerprint density at radius 3 is 2.53 bits per heavy atom. The summed E-state index contributed by atoms with van der Waals surface area (Å²) < 4.78 is 11.1. The Bertz CT molecular complexity index is 423. The second kappa shape index (κ2) is 3.05. The maximum atomic E-state index is 5.54. The van der Waals surface area contributed by atoms with E-state index in [0.717, 1.165) is 0 Å². The highest BCUT2D eigenvalue weighted by atomic mass is 16.7. The fourth-order valence-corrected chi connectivity index (χ4v) is 1.43. The molecule has 0 aliphatic carbocycles. The van der Waals surface area contributed by atoms with E-state index in [2.05, 4.69) is 4.99 Å². The van der Waals surface area contributed by atoms with Gasteiger partial charge in [-0.25, -0.2) is 4.99 Å². The molecule has 2 rings (SSSR count). The van der Waals surface area contributed by atoms with Crippen molar-refractivity contribution in [2.24, 2.45) is 16.5 Å². The van der Waals surface area contributed by atoms with E-state index in [1.807, 2.05) is 13.8 Å². The first-order chi connectivity index (χ1) is 6.96. The second-order valence-corrected chi connectivity index (χ2v) is 3.77. The Morgan fingerprint density at radius 1 is 1.20 bits per heavy atom. The van der Waals surface area contributed by atoms with E-state index < -0.39 is 5.79 Å². The molecule has 0 spiro atoms. The monoisotopic (exact) mass is 207 g/mol. The van der Waals surface area contributed by atoms with Crippen LogP contribution in [0.3, 0.4) is 0 Å². The average Bonchev–Trinajstić information content (AvgIpc) is 2.36. The van der Waals surface area contributed by atoms with Gasteiger partial charge < -0.3 is 20.9 Å². The number of nitrogens with two attached hydrogens (primary N) is 2. The number of aliphatic imine (C=N–C) groups is 1. The van der Waals surface area contributed by atoms with Gasteiger partial charge in [0.15, 0.2) is 17.5 Å². The van der Waals surface area contributed by atoms with E-state index in [1.54, 1.807) is 18.2 Å². The molecular formula is C10H13N3O2. The summed E-state index contributed by atoms with van der Waals surface area (Å²) in [6.07, 6.45) is 0. The standard InChI is InChI=1S/C10H13N3O2/c1-10(2)14-7-4-3-6(13-9(11)12)5-8(7)15-10/h3-5H,1-2H3,(H4,11,12,13). The van der Waals surface area contributed by atoms with Crippen LogP contribution in [-0.2, 0) is 0 Å². The van der Waals surface area contributed by atoms with Gasteiger partial charge in [0.2, 0.25) is 5.79 Å². The predicted molar refractivity (Wildman–Crippen MR) is 57.2 cm³/mol. The molecule has 1 aromatic rings. The summed E-state index contributed by atoms with van der Waals surface area (Å²) in [5, 5.41) is 0. The summed E-state index contributed by atoms with van der Waals surface area (Å²) in [5.41, 5.74) is 11.2. The largest absolute Gasteiger partial charge is 0.449 e. The third-order valence-corrected chi connectivity index (χ3v) is 1.90. The lowest BCUT2D eigenvalue weighted by Gasteiger charge is -2.16. The van der Waals surface area contributed by atoms with Crippen LogP contribution in [0.2, 0.25) is 0 Å². The van der Waals surface area contributed by atoms with Crippen molar-refractivity contribution in [3.63, 3.8) is 0 Å². The smallest absolute Gasteiger partial charge is 0.246 e. The van der Waals surface area contributed by atoms with Crippen molar-refractivity contribution in [2.75, 3.05) is 0 Å². The number of nitrogens with zero attached hydrogens (tertiary/aromatic N) is 1. The van der Waals surface area contributed by atoms with Gasteiger partial charge in [0, 0.05) is 19.9 Å². The third kappa shape index (κ3) is 1.96. The summed E-state index contributed by atoms with van der Waals surface area (Å²) in [5.74, 6) is 0.754. The first kappa shape index (κ1) is 9.64. The lowest BCUT2D eigenvalue weighted by Crippen LogP contribution is -2.29. The molecule has 0 fully saturated rings. The lowest BCUT2D eigenvalue weighted by molar-refractivity contribution is -0.0431. The minimum absolute atomic E-state index is 0.0214. The molecule has 4 N–H and O–H groups in total. The maximum Gasteiger partial charge on any atom is 0.246 e. The summed E-state index contributed by atoms with van der Waals surface area (Å²) in [6.45, 7) is 3.68. The zero-order valence-corrected chi connectivity index (χ0v) is 8.65. The Hall–Kier alpha value is -1.91.